The van der Waals surface area contributed by atoms with Gasteiger partial charge in [-0.25, -0.2) is 0 Å². The summed E-state index contributed by atoms with van der Waals surface area (Å²) in [6.45, 7) is 2.91. The number of hydrogen-bond donors (Lipinski definition) is 0. The molecule has 0 saturated carbocycles. The number of carbonyl (C=O) groups is 1. The van der Waals surface area contributed by atoms with E-state index in [1.165, 1.54) is 25.7 Å². The van der Waals surface area contributed by atoms with Gasteiger partial charge in [-0.2, -0.15) is 0 Å². The topological polar surface area (TPSA) is 31.2 Å². The molecule has 1 amide bonds. The molecule has 0 bridgehead atoms. The Kier molecular flexibility index (Phi) is 8.02. The fourth-order valence-corrected chi connectivity index (χ4v) is 0.859. The summed E-state index contributed by atoms with van der Waals surface area (Å²) in [5, 5.41) is 3.59. The van der Waals surface area contributed by atoms with Crippen LogP contribution in [0.2, 0.25) is 0 Å². The van der Waals surface area contributed by atoms with Crippen molar-refractivity contribution in [2.45, 2.75) is 39.0 Å². The van der Waals surface area contributed by atoms with Gasteiger partial charge in [-0.3, -0.25) is 10.1 Å². The van der Waals surface area contributed by atoms with Gasteiger partial charge in [0.15, 0.2) is 0 Å². The summed E-state index contributed by atoms with van der Waals surface area (Å²) < 4.78 is 0. The summed E-state index contributed by atoms with van der Waals surface area (Å²) in [6, 6.07) is 0. The Balaban J connectivity index is 2.70. The maximum Gasteiger partial charge on any atom is 0.228 e. The van der Waals surface area contributed by atoms with Crippen LogP contribution in [0.4, 0.5) is 0 Å². The van der Waals surface area contributed by atoms with E-state index in [1.807, 2.05) is 0 Å². The fourth-order valence-electron chi connectivity index (χ4n) is 0.859. The van der Waals surface area contributed by atoms with Crippen molar-refractivity contribution in [2.24, 2.45) is 0 Å². The van der Waals surface area contributed by atoms with Gasteiger partial charge in [0.2, 0.25) is 6.41 Å². The van der Waals surface area contributed by atoms with Crippen LogP contribution in [0, 0.1) is 0 Å². The van der Waals surface area contributed by atoms with E-state index in [0.717, 1.165) is 6.42 Å². The molecule has 0 aromatic carbocycles. The molecular formula is C8H16NO. The highest BCUT2D eigenvalue weighted by molar-refractivity contribution is 5.45. The highest BCUT2D eigenvalue weighted by atomic mass is 16.1. The van der Waals surface area contributed by atoms with E-state index >= 15 is 0 Å². The predicted octanol–water partition coefficient (Wildman–Crippen LogP) is 1.72. The molecule has 0 aromatic rings. The molecule has 0 fully saturated rings. The van der Waals surface area contributed by atoms with E-state index in [9.17, 15) is 4.79 Å². The van der Waals surface area contributed by atoms with E-state index in [0.29, 0.717) is 13.0 Å². The second kappa shape index (κ2) is 8.47. The normalized spacial score (nSPS) is 9.30. The van der Waals surface area contributed by atoms with Gasteiger partial charge < -0.3 is 0 Å². The lowest BCUT2D eigenvalue weighted by molar-refractivity contribution is -0.109. The Hall–Kier alpha value is -0.530. The van der Waals surface area contributed by atoms with Crippen molar-refractivity contribution in [1.82, 2.24) is 5.32 Å². The number of unbranched alkanes of at least 4 members (excludes halogenated alkanes) is 4. The number of hydrogen-bond acceptors (Lipinski definition) is 1. The molecule has 0 saturated heterocycles. The van der Waals surface area contributed by atoms with Crippen LogP contribution in [-0.2, 0) is 4.79 Å². The highest BCUT2D eigenvalue weighted by Crippen LogP contribution is 2.00. The minimum atomic E-state index is 0.639. The third-order valence-electron chi connectivity index (χ3n) is 1.47. The van der Waals surface area contributed by atoms with Gasteiger partial charge in [0, 0.05) is 6.54 Å². The second-order valence-corrected chi connectivity index (χ2v) is 2.43. The molecule has 0 aromatic heterocycles. The minimum absolute atomic E-state index is 0.639. The zero-order valence-corrected chi connectivity index (χ0v) is 6.68. The number of amides is 1. The van der Waals surface area contributed by atoms with Gasteiger partial charge in [0.05, 0.1) is 0 Å². The molecule has 0 unspecified atom stereocenters. The lowest BCUT2D eigenvalue weighted by atomic mass is 10.1. The Bertz CT molecular complexity index is 73.7. The van der Waals surface area contributed by atoms with E-state index in [4.69, 9.17) is 0 Å². The van der Waals surface area contributed by atoms with E-state index < -0.39 is 0 Å². The molecular weight excluding hydrogens is 126 g/mol. The van der Waals surface area contributed by atoms with Crippen LogP contribution < -0.4 is 5.32 Å². The van der Waals surface area contributed by atoms with Crippen molar-refractivity contribution >= 4 is 6.41 Å². The van der Waals surface area contributed by atoms with Crippen molar-refractivity contribution in [2.75, 3.05) is 6.54 Å². The molecule has 0 spiro atoms. The van der Waals surface area contributed by atoms with Gasteiger partial charge in [-0.05, 0) is 6.42 Å². The average molecular weight is 142 g/mol. The van der Waals surface area contributed by atoms with E-state index in [-0.39, 0.29) is 0 Å². The van der Waals surface area contributed by atoms with Crippen LogP contribution in [0.15, 0.2) is 0 Å². The molecule has 0 aliphatic heterocycles. The first-order valence-electron chi connectivity index (χ1n) is 4.02. The van der Waals surface area contributed by atoms with Gasteiger partial charge in [0.1, 0.15) is 0 Å². The Morgan fingerprint density at radius 2 is 1.90 bits per heavy atom. The first-order chi connectivity index (χ1) is 4.91. The molecule has 0 heterocycles. The Morgan fingerprint density at radius 1 is 1.20 bits per heavy atom. The largest absolute Gasteiger partial charge is 0.277 e. The molecule has 0 aliphatic carbocycles. The number of rotatable bonds is 7. The summed E-state index contributed by atoms with van der Waals surface area (Å²) in [6.07, 6.45) is 6.78. The van der Waals surface area contributed by atoms with Crippen molar-refractivity contribution in [3.63, 3.8) is 0 Å². The van der Waals surface area contributed by atoms with Crippen LogP contribution in [0.3, 0.4) is 0 Å². The SMILES string of the molecule is CCCCCCC[N]C=O. The molecule has 10 heavy (non-hydrogen) atoms. The van der Waals surface area contributed by atoms with Crippen molar-refractivity contribution in [1.29, 1.82) is 0 Å². The predicted molar refractivity (Wildman–Crippen MR) is 41.8 cm³/mol. The average Bonchev–Trinajstić information content (AvgIpc) is 1.97. The Morgan fingerprint density at radius 3 is 2.50 bits per heavy atom. The lowest BCUT2D eigenvalue weighted by Crippen LogP contribution is -2.02. The molecule has 0 aliphatic rings. The second-order valence-electron chi connectivity index (χ2n) is 2.43. The summed E-state index contributed by atoms with van der Waals surface area (Å²) in [5.74, 6) is 0. The zero-order valence-electron chi connectivity index (χ0n) is 6.68. The maximum atomic E-state index is 9.73. The van der Waals surface area contributed by atoms with Crippen LogP contribution in [0.1, 0.15) is 39.0 Å². The van der Waals surface area contributed by atoms with Crippen LogP contribution in [-0.4, -0.2) is 13.0 Å². The highest BCUT2D eigenvalue weighted by Gasteiger charge is 1.87. The van der Waals surface area contributed by atoms with Crippen LogP contribution in [0.5, 0.6) is 0 Å². The quantitative estimate of drug-likeness (QED) is 0.393. The van der Waals surface area contributed by atoms with Gasteiger partial charge in [-0.1, -0.05) is 32.6 Å². The molecule has 59 valence electrons. The third-order valence-corrected chi connectivity index (χ3v) is 1.47. The van der Waals surface area contributed by atoms with Gasteiger partial charge in [0.25, 0.3) is 0 Å². The zero-order chi connectivity index (χ0) is 7.66. The van der Waals surface area contributed by atoms with Gasteiger partial charge in [-0.15, -0.1) is 0 Å². The molecule has 1 radical (unpaired) electrons. The van der Waals surface area contributed by atoms with Crippen LogP contribution >= 0.6 is 0 Å². The van der Waals surface area contributed by atoms with E-state index in [2.05, 4.69) is 12.2 Å². The minimum Gasteiger partial charge on any atom is -0.277 e. The molecule has 0 rings (SSSR count). The number of nitrogens with zero attached hydrogens (tertiary/aromatic N) is 1. The van der Waals surface area contributed by atoms with E-state index in [1.54, 1.807) is 0 Å². The fraction of sp³-hybridized carbons (Fsp3) is 0.875. The molecule has 2 heteroatoms. The van der Waals surface area contributed by atoms with Gasteiger partial charge >= 0.3 is 0 Å². The third kappa shape index (κ3) is 7.47. The smallest absolute Gasteiger partial charge is 0.228 e. The monoisotopic (exact) mass is 142 g/mol. The summed E-state index contributed by atoms with van der Waals surface area (Å²) in [5.41, 5.74) is 0. The van der Waals surface area contributed by atoms with Crippen molar-refractivity contribution < 1.29 is 4.79 Å². The first-order valence-corrected chi connectivity index (χ1v) is 4.02. The first kappa shape index (κ1) is 9.47. The summed E-state index contributed by atoms with van der Waals surface area (Å²) in [7, 11) is 0. The summed E-state index contributed by atoms with van der Waals surface area (Å²) in [4.78, 5) is 9.73. The summed E-state index contributed by atoms with van der Waals surface area (Å²) >= 11 is 0. The lowest BCUT2D eigenvalue weighted by Gasteiger charge is -1.96. The van der Waals surface area contributed by atoms with Crippen molar-refractivity contribution in [3.8, 4) is 0 Å². The Labute approximate surface area is 63.0 Å². The van der Waals surface area contributed by atoms with Crippen molar-refractivity contribution in [3.05, 3.63) is 0 Å². The maximum absolute atomic E-state index is 9.73. The van der Waals surface area contributed by atoms with Crippen LogP contribution in [0.25, 0.3) is 0 Å². The number of carbonyl (C=O) groups excluding carboxylic acids is 1. The molecule has 0 N–H and O–H groups in total. The standard InChI is InChI=1S/C8H16NO/c1-2-3-4-5-6-7-9-8-10/h8H,2-7H2,1H3. The molecule has 2 nitrogen and oxygen atoms in total. The molecule has 0 atom stereocenters.